The first kappa shape index (κ1) is 18.4. The maximum Gasteiger partial charge on any atom is 0.325 e. The number of nitrogens with zero attached hydrogens (tertiary/aromatic N) is 2. The Bertz CT molecular complexity index is 331. The number of hydrogen-bond donors (Lipinski definition) is 2. The smallest absolute Gasteiger partial charge is 0.325 e. The molecule has 0 aromatic carbocycles. The van der Waals surface area contributed by atoms with Crippen LogP contribution in [0.1, 0.15) is 40.0 Å². The Labute approximate surface area is 129 Å². The Morgan fingerprint density at radius 2 is 2.00 bits per heavy atom. The summed E-state index contributed by atoms with van der Waals surface area (Å²) in [6.07, 6.45) is 3.02. The molecule has 0 bridgehead atoms. The first-order chi connectivity index (χ1) is 9.87. The normalized spacial score (nSPS) is 19.8. The van der Waals surface area contributed by atoms with Crippen molar-refractivity contribution in [3.63, 3.8) is 0 Å². The lowest BCUT2D eigenvalue weighted by Crippen LogP contribution is -2.62. The molecule has 2 unspecified atom stereocenters. The molecule has 1 aliphatic rings. The van der Waals surface area contributed by atoms with E-state index in [1.807, 2.05) is 0 Å². The topological polar surface area (TPSA) is 55.8 Å². The van der Waals surface area contributed by atoms with Gasteiger partial charge in [0, 0.05) is 19.1 Å². The van der Waals surface area contributed by atoms with Crippen molar-refractivity contribution in [1.82, 2.24) is 15.1 Å². The zero-order valence-electron chi connectivity index (χ0n) is 14.4. The highest BCUT2D eigenvalue weighted by atomic mass is 16.4. The third-order valence-corrected chi connectivity index (χ3v) is 4.46. The van der Waals surface area contributed by atoms with Gasteiger partial charge in [-0.1, -0.05) is 13.8 Å². The molecule has 0 saturated heterocycles. The standard InChI is InChI=1S/C16H33N3O2/c1-6-10-17-16(15(20)21,14-8-9-14)12-19(7-2)13(3)11-18(4)5/h13-14,17H,6-12H2,1-5H3,(H,20,21). The molecule has 1 aliphatic carbocycles. The van der Waals surface area contributed by atoms with Crippen LogP contribution in [0.25, 0.3) is 0 Å². The molecule has 5 heteroatoms. The lowest BCUT2D eigenvalue weighted by molar-refractivity contribution is -0.147. The fourth-order valence-corrected chi connectivity index (χ4v) is 3.11. The molecule has 0 aromatic rings. The molecule has 0 aromatic heterocycles. The van der Waals surface area contributed by atoms with Crippen molar-refractivity contribution >= 4 is 5.97 Å². The second-order valence-electron chi connectivity index (χ2n) is 6.65. The van der Waals surface area contributed by atoms with E-state index in [1.54, 1.807) is 0 Å². The molecule has 5 nitrogen and oxygen atoms in total. The van der Waals surface area contributed by atoms with Gasteiger partial charge in [-0.05, 0) is 59.3 Å². The SMILES string of the molecule is CCCNC(CN(CC)C(C)CN(C)C)(C(=O)O)C1CC1. The van der Waals surface area contributed by atoms with Crippen molar-refractivity contribution < 1.29 is 9.90 Å². The van der Waals surface area contributed by atoms with Crippen molar-refractivity contribution in [3.8, 4) is 0 Å². The van der Waals surface area contributed by atoms with E-state index in [-0.39, 0.29) is 5.92 Å². The van der Waals surface area contributed by atoms with E-state index in [4.69, 9.17) is 0 Å². The Balaban J connectivity index is 2.84. The summed E-state index contributed by atoms with van der Waals surface area (Å²) in [5.74, 6) is -0.406. The molecule has 2 N–H and O–H groups in total. The van der Waals surface area contributed by atoms with Gasteiger partial charge < -0.3 is 15.3 Å². The maximum absolute atomic E-state index is 12.0. The number of rotatable bonds is 11. The second kappa shape index (κ2) is 8.11. The number of carboxylic acid groups (broad SMARTS) is 1. The Morgan fingerprint density at radius 3 is 2.38 bits per heavy atom. The zero-order valence-corrected chi connectivity index (χ0v) is 14.4. The molecule has 0 spiro atoms. The molecule has 0 aliphatic heterocycles. The number of aliphatic carboxylic acids is 1. The largest absolute Gasteiger partial charge is 0.480 e. The number of likely N-dealkylation sites (N-methyl/N-ethyl adjacent to an activating group) is 2. The van der Waals surface area contributed by atoms with Crippen LogP contribution in [-0.2, 0) is 4.79 Å². The van der Waals surface area contributed by atoms with Crippen LogP contribution >= 0.6 is 0 Å². The zero-order chi connectivity index (χ0) is 16.0. The predicted octanol–water partition coefficient (Wildman–Crippen LogP) is 1.49. The van der Waals surface area contributed by atoms with Crippen LogP contribution < -0.4 is 5.32 Å². The van der Waals surface area contributed by atoms with E-state index in [0.717, 1.165) is 38.9 Å². The molecule has 0 heterocycles. The van der Waals surface area contributed by atoms with Crippen molar-refractivity contribution in [2.45, 2.75) is 51.6 Å². The van der Waals surface area contributed by atoms with Gasteiger partial charge in [0.05, 0.1) is 0 Å². The quantitative estimate of drug-likeness (QED) is 0.605. The minimum atomic E-state index is -0.771. The Morgan fingerprint density at radius 1 is 1.38 bits per heavy atom. The highest BCUT2D eigenvalue weighted by molar-refractivity contribution is 5.80. The molecule has 1 saturated carbocycles. The molecule has 2 atom stereocenters. The van der Waals surface area contributed by atoms with Gasteiger partial charge in [0.1, 0.15) is 5.54 Å². The lowest BCUT2D eigenvalue weighted by atomic mass is 9.91. The van der Waals surface area contributed by atoms with Gasteiger partial charge in [0.2, 0.25) is 0 Å². The lowest BCUT2D eigenvalue weighted by Gasteiger charge is -2.39. The fraction of sp³-hybridized carbons (Fsp3) is 0.938. The number of hydrogen-bond acceptors (Lipinski definition) is 4. The first-order valence-corrected chi connectivity index (χ1v) is 8.24. The molecule has 1 rings (SSSR count). The predicted molar refractivity (Wildman–Crippen MR) is 86.6 cm³/mol. The summed E-state index contributed by atoms with van der Waals surface area (Å²) in [6.45, 7) is 9.57. The van der Waals surface area contributed by atoms with Gasteiger partial charge in [-0.15, -0.1) is 0 Å². The van der Waals surface area contributed by atoms with E-state index in [1.165, 1.54) is 0 Å². The van der Waals surface area contributed by atoms with Gasteiger partial charge in [-0.3, -0.25) is 9.69 Å². The van der Waals surface area contributed by atoms with Gasteiger partial charge in [-0.25, -0.2) is 0 Å². The minimum absolute atomic E-state index is 0.280. The molecule has 0 amide bonds. The fourth-order valence-electron chi connectivity index (χ4n) is 3.11. The second-order valence-corrected chi connectivity index (χ2v) is 6.65. The van der Waals surface area contributed by atoms with Gasteiger partial charge in [0.25, 0.3) is 0 Å². The van der Waals surface area contributed by atoms with Crippen LogP contribution in [0, 0.1) is 5.92 Å². The summed E-state index contributed by atoms with van der Waals surface area (Å²) >= 11 is 0. The Kier molecular flexibility index (Phi) is 7.10. The van der Waals surface area contributed by atoms with Gasteiger partial charge >= 0.3 is 5.97 Å². The van der Waals surface area contributed by atoms with Crippen molar-refractivity contribution in [1.29, 1.82) is 0 Å². The molecule has 1 fully saturated rings. The molecular weight excluding hydrogens is 266 g/mol. The monoisotopic (exact) mass is 299 g/mol. The van der Waals surface area contributed by atoms with Gasteiger partial charge in [-0.2, -0.15) is 0 Å². The summed E-state index contributed by atoms with van der Waals surface area (Å²) in [6, 6.07) is 0.353. The summed E-state index contributed by atoms with van der Waals surface area (Å²) in [7, 11) is 4.12. The van der Waals surface area contributed by atoms with Crippen LogP contribution in [-0.4, -0.2) is 72.7 Å². The van der Waals surface area contributed by atoms with E-state index in [9.17, 15) is 9.90 Å². The molecule has 0 radical (unpaired) electrons. The van der Waals surface area contributed by atoms with Crippen LogP contribution in [0.5, 0.6) is 0 Å². The average Bonchev–Trinajstić information content (AvgIpc) is 3.22. The molecular formula is C16H33N3O2. The van der Waals surface area contributed by atoms with Crippen LogP contribution in [0.4, 0.5) is 0 Å². The van der Waals surface area contributed by atoms with Crippen LogP contribution in [0.2, 0.25) is 0 Å². The third kappa shape index (κ3) is 4.94. The molecule has 21 heavy (non-hydrogen) atoms. The summed E-state index contributed by atoms with van der Waals surface area (Å²) < 4.78 is 0. The third-order valence-electron chi connectivity index (χ3n) is 4.46. The van der Waals surface area contributed by atoms with Gasteiger partial charge in [0.15, 0.2) is 0 Å². The maximum atomic E-state index is 12.0. The first-order valence-electron chi connectivity index (χ1n) is 8.24. The van der Waals surface area contributed by atoms with Crippen LogP contribution in [0.3, 0.4) is 0 Å². The highest BCUT2D eigenvalue weighted by Gasteiger charge is 2.51. The van der Waals surface area contributed by atoms with E-state index in [0.29, 0.717) is 12.6 Å². The summed E-state index contributed by atoms with van der Waals surface area (Å²) in [5.41, 5.74) is -0.771. The van der Waals surface area contributed by atoms with Crippen molar-refractivity contribution in [2.75, 3.05) is 40.3 Å². The van der Waals surface area contributed by atoms with Crippen molar-refractivity contribution in [2.24, 2.45) is 5.92 Å². The summed E-state index contributed by atoms with van der Waals surface area (Å²) in [4.78, 5) is 16.5. The summed E-state index contributed by atoms with van der Waals surface area (Å²) in [5, 5.41) is 13.2. The minimum Gasteiger partial charge on any atom is -0.480 e. The molecule has 124 valence electrons. The highest BCUT2D eigenvalue weighted by Crippen LogP contribution is 2.40. The number of nitrogens with one attached hydrogen (secondary N) is 1. The van der Waals surface area contributed by atoms with Crippen LogP contribution in [0.15, 0.2) is 0 Å². The van der Waals surface area contributed by atoms with E-state index >= 15 is 0 Å². The van der Waals surface area contributed by atoms with Crippen molar-refractivity contribution in [3.05, 3.63) is 0 Å². The average molecular weight is 299 g/mol. The Hall–Kier alpha value is -0.650. The van der Waals surface area contributed by atoms with E-state index < -0.39 is 11.5 Å². The van der Waals surface area contributed by atoms with E-state index in [2.05, 4.69) is 50.0 Å². The number of carbonyl (C=O) groups is 1. The number of carboxylic acids is 1.